The van der Waals surface area contributed by atoms with Crippen molar-refractivity contribution in [2.24, 2.45) is 0 Å². The Labute approximate surface area is 155 Å². The topological polar surface area (TPSA) is 79.7 Å². The number of aryl methyl sites for hydroxylation is 1. The molecule has 25 heavy (non-hydrogen) atoms. The lowest BCUT2D eigenvalue weighted by molar-refractivity contribution is -0.137. The SMILES string of the molecule is Cc1ccc(-c2csc(N(CCCC(=O)O)C(=O)OC(C)(C)C)n2)s1. The van der Waals surface area contributed by atoms with Crippen LogP contribution in [0.4, 0.5) is 9.93 Å². The second-order valence-corrected chi connectivity index (χ2v) is 8.68. The van der Waals surface area contributed by atoms with Crippen molar-refractivity contribution < 1.29 is 19.4 Å². The molecule has 0 aromatic carbocycles. The molecule has 2 rings (SSSR count). The van der Waals surface area contributed by atoms with Crippen molar-refractivity contribution in [2.45, 2.75) is 46.1 Å². The third kappa shape index (κ3) is 5.82. The van der Waals surface area contributed by atoms with Gasteiger partial charge >= 0.3 is 12.1 Å². The molecule has 136 valence electrons. The highest BCUT2D eigenvalue weighted by Crippen LogP contribution is 2.32. The largest absolute Gasteiger partial charge is 0.481 e. The number of carboxylic acid groups (broad SMARTS) is 1. The lowest BCUT2D eigenvalue weighted by Crippen LogP contribution is -2.37. The van der Waals surface area contributed by atoms with Gasteiger partial charge in [-0.05, 0) is 46.2 Å². The Hall–Kier alpha value is -1.93. The lowest BCUT2D eigenvalue weighted by Gasteiger charge is -2.25. The van der Waals surface area contributed by atoms with Crippen LogP contribution in [0.15, 0.2) is 17.5 Å². The van der Waals surface area contributed by atoms with Crippen LogP contribution in [0.5, 0.6) is 0 Å². The van der Waals surface area contributed by atoms with Gasteiger partial charge in [-0.25, -0.2) is 9.78 Å². The maximum Gasteiger partial charge on any atom is 0.416 e. The third-order valence-corrected chi connectivity index (χ3v) is 4.99. The fourth-order valence-corrected chi connectivity index (χ4v) is 3.79. The van der Waals surface area contributed by atoms with E-state index >= 15 is 0 Å². The van der Waals surface area contributed by atoms with E-state index in [2.05, 4.69) is 4.98 Å². The Kier molecular flexibility index (Phi) is 6.18. The second-order valence-electron chi connectivity index (χ2n) is 6.55. The number of anilines is 1. The van der Waals surface area contributed by atoms with Gasteiger partial charge in [0, 0.05) is 23.2 Å². The summed E-state index contributed by atoms with van der Waals surface area (Å²) >= 11 is 2.99. The normalized spacial score (nSPS) is 11.4. The molecule has 1 N–H and O–H groups in total. The first-order chi connectivity index (χ1) is 11.7. The average Bonchev–Trinajstić information content (AvgIpc) is 3.10. The van der Waals surface area contributed by atoms with Gasteiger partial charge in [-0.3, -0.25) is 9.69 Å². The van der Waals surface area contributed by atoms with Crippen LogP contribution in [-0.2, 0) is 9.53 Å². The Bertz CT molecular complexity index is 746. The summed E-state index contributed by atoms with van der Waals surface area (Å²) in [5.41, 5.74) is 0.178. The summed E-state index contributed by atoms with van der Waals surface area (Å²) in [5, 5.41) is 11.2. The van der Waals surface area contributed by atoms with Crippen LogP contribution in [0.3, 0.4) is 0 Å². The molecule has 0 bridgehead atoms. The molecule has 0 aliphatic heterocycles. The lowest BCUT2D eigenvalue weighted by atomic mass is 10.2. The number of hydrogen-bond donors (Lipinski definition) is 1. The van der Waals surface area contributed by atoms with E-state index in [4.69, 9.17) is 9.84 Å². The van der Waals surface area contributed by atoms with E-state index < -0.39 is 17.7 Å². The fourth-order valence-electron chi connectivity index (χ4n) is 2.04. The maximum atomic E-state index is 12.5. The zero-order valence-corrected chi connectivity index (χ0v) is 16.4. The molecule has 0 saturated carbocycles. The van der Waals surface area contributed by atoms with Crippen molar-refractivity contribution in [3.63, 3.8) is 0 Å². The van der Waals surface area contributed by atoms with Crippen molar-refractivity contribution in [3.8, 4) is 10.6 Å². The Morgan fingerprint density at radius 2 is 2.04 bits per heavy atom. The molecule has 2 heterocycles. The summed E-state index contributed by atoms with van der Waals surface area (Å²) in [4.78, 5) is 31.5. The number of thiazole rings is 1. The molecule has 1 amide bonds. The zero-order valence-electron chi connectivity index (χ0n) is 14.7. The Morgan fingerprint density at radius 3 is 2.60 bits per heavy atom. The number of aliphatic carboxylic acids is 1. The minimum Gasteiger partial charge on any atom is -0.481 e. The molecule has 0 spiro atoms. The number of carboxylic acids is 1. The van der Waals surface area contributed by atoms with Crippen LogP contribution in [0, 0.1) is 6.92 Å². The first-order valence-corrected chi connectivity index (χ1v) is 9.60. The minimum absolute atomic E-state index is 0.0123. The van der Waals surface area contributed by atoms with Gasteiger partial charge in [-0.1, -0.05) is 0 Å². The minimum atomic E-state index is -0.891. The number of hydrogen-bond acceptors (Lipinski definition) is 6. The van der Waals surface area contributed by atoms with Crippen LogP contribution in [0.25, 0.3) is 10.6 Å². The van der Waals surface area contributed by atoms with E-state index in [0.717, 1.165) is 10.6 Å². The maximum absolute atomic E-state index is 12.5. The van der Waals surface area contributed by atoms with Gasteiger partial charge in [0.25, 0.3) is 0 Å². The molecule has 0 saturated heterocycles. The number of thiophene rings is 1. The fraction of sp³-hybridized carbons (Fsp3) is 0.471. The van der Waals surface area contributed by atoms with E-state index in [1.165, 1.54) is 21.1 Å². The van der Waals surface area contributed by atoms with Gasteiger partial charge in [0.15, 0.2) is 5.13 Å². The van der Waals surface area contributed by atoms with Crippen molar-refractivity contribution >= 4 is 39.9 Å². The molecule has 6 nitrogen and oxygen atoms in total. The van der Waals surface area contributed by atoms with Crippen LogP contribution in [0.2, 0.25) is 0 Å². The van der Waals surface area contributed by atoms with Crippen molar-refractivity contribution in [3.05, 3.63) is 22.4 Å². The number of aromatic nitrogens is 1. The Morgan fingerprint density at radius 1 is 1.32 bits per heavy atom. The molecule has 0 atom stereocenters. The second kappa shape index (κ2) is 7.97. The number of carbonyl (C=O) groups excluding carboxylic acids is 1. The van der Waals surface area contributed by atoms with Gasteiger partial charge < -0.3 is 9.84 Å². The Balaban J connectivity index is 2.20. The number of carbonyl (C=O) groups is 2. The van der Waals surface area contributed by atoms with Crippen LogP contribution in [-0.4, -0.2) is 34.3 Å². The summed E-state index contributed by atoms with van der Waals surface area (Å²) in [7, 11) is 0. The molecule has 0 unspecified atom stereocenters. The van der Waals surface area contributed by atoms with Gasteiger partial charge in [0.2, 0.25) is 0 Å². The first-order valence-electron chi connectivity index (χ1n) is 7.90. The van der Waals surface area contributed by atoms with Crippen LogP contribution < -0.4 is 4.90 Å². The third-order valence-electron chi connectivity index (χ3n) is 3.10. The molecule has 8 heteroatoms. The number of nitrogens with zero attached hydrogens (tertiary/aromatic N) is 2. The highest BCUT2D eigenvalue weighted by atomic mass is 32.1. The predicted molar refractivity (Wildman–Crippen MR) is 101 cm³/mol. The molecular weight excluding hydrogens is 360 g/mol. The molecule has 0 fully saturated rings. The molecular formula is C17H22N2O4S2. The van der Waals surface area contributed by atoms with Gasteiger partial charge in [0.1, 0.15) is 5.60 Å². The summed E-state index contributed by atoms with van der Waals surface area (Å²) in [5.74, 6) is -0.891. The van der Waals surface area contributed by atoms with Gasteiger partial charge in [-0.2, -0.15) is 0 Å². The monoisotopic (exact) mass is 382 g/mol. The number of ether oxygens (including phenoxy) is 1. The smallest absolute Gasteiger partial charge is 0.416 e. The summed E-state index contributed by atoms with van der Waals surface area (Å²) in [6, 6.07) is 4.03. The number of amides is 1. The van der Waals surface area contributed by atoms with Crippen LogP contribution in [0.1, 0.15) is 38.5 Å². The molecule has 2 aromatic heterocycles. The van der Waals surface area contributed by atoms with Gasteiger partial charge in [-0.15, -0.1) is 22.7 Å². The highest BCUT2D eigenvalue weighted by Gasteiger charge is 2.25. The van der Waals surface area contributed by atoms with Crippen molar-refractivity contribution in [1.29, 1.82) is 0 Å². The highest BCUT2D eigenvalue weighted by molar-refractivity contribution is 7.17. The quantitative estimate of drug-likeness (QED) is 0.777. The molecule has 0 radical (unpaired) electrons. The van der Waals surface area contributed by atoms with E-state index in [1.807, 2.05) is 24.4 Å². The van der Waals surface area contributed by atoms with E-state index in [-0.39, 0.29) is 13.0 Å². The summed E-state index contributed by atoms with van der Waals surface area (Å²) in [6.45, 7) is 7.66. The van der Waals surface area contributed by atoms with E-state index in [1.54, 1.807) is 32.1 Å². The summed E-state index contributed by atoms with van der Waals surface area (Å²) in [6.07, 6.45) is -0.190. The van der Waals surface area contributed by atoms with Crippen LogP contribution >= 0.6 is 22.7 Å². The number of rotatable bonds is 6. The van der Waals surface area contributed by atoms with E-state index in [9.17, 15) is 9.59 Å². The van der Waals surface area contributed by atoms with Crippen molar-refractivity contribution in [1.82, 2.24) is 4.98 Å². The standard InChI is InChI=1S/C17H22N2O4S2/c1-11-7-8-13(25-11)12-10-24-15(18-12)19(9-5-6-14(20)21)16(22)23-17(2,3)4/h7-8,10H,5-6,9H2,1-4H3,(H,20,21). The average molecular weight is 383 g/mol. The summed E-state index contributed by atoms with van der Waals surface area (Å²) < 4.78 is 5.44. The van der Waals surface area contributed by atoms with E-state index in [0.29, 0.717) is 11.6 Å². The molecule has 0 aliphatic rings. The molecule has 2 aromatic rings. The van der Waals surface area contributed by atoms with Crippen molar-refractivity contribution in [2.75, 3.05) is 11.4 Å². The molecule has 0 aliphatic carbocycles. The first kappa shape index (κ1) is 19.4. The predicted octanol–water partition coefficient (Wildman–Crippen LogP) is 4.79. The zero-order chi connectivity index (χ0) is 18.6. The van der Waals surface area contributed by atoms with Gasteiger partial charge in [0.05, 0.1) is 10.6 Å².